The monoisotopic (exact) mass is 303 g/mol. The number of nitrogens with zero attached hydrogens (tertiary/aromatic N) is 3. The highest BCUT2D eigenvalue weighted by atomic mass is 19.1. The van der Waals surface area contributed by atoms with E-state index in [0.29, 0.717) is 12.1 Å². The van der Waals surface area contributed by atoms with Crippen LogP contribution < -0.4 is 0 Å². The highest BCUT2D eigenvalue weighted by molar-refractivity contribution is 5.88. The molecular weight excluding hydrogens is 289 g/mol. The minimum Gasteiger partial charge on any atom is -0.457 e. The van der Waals surface area contributed by atoms with Crippen molar-refractivity contribution in [1.29, 1.82) is 0 Å². The lowest BCUT2D eigenvalue weighted by atomic mass is 10.2. The van der Waals surface area contributed by atoms with Gasteiger partial charge in [0.2, 0.25) is 0 Å². The first-order valence-electron chi connectivity index (χ1n) is 6.78. The van der Waals surface area contributed by atoms with Gasteiger partial charge in [0.25, 0.3) is 0 Å². The quantitative estimate of drug-likeness (QED) is 0.813. The number of ether oxygens (including phenoxy) is 1. The normalized spacial score (nSPS) is 17.0. The summed E-state index contributed by atoms with van der Waals surface area (Å²) in [6.07, 6.45) is 3.28. The average molecular weight is 303 g/mol. The Hall–Kier alpha value is -2.70. The summed E-state index contributed by atoms with van der Waals surface area (Å²) in [5.74, 6) is -0.864. The maximum Gasteiger partial charge on any atom is 0.357 e. The predicted octanol–water partition coefficient (Wildman–Crippen LogP) is 2.33. The number of imidazole rings is 1. The molecule has 0 saturated carbocycles. The Bertz CT molecular complexity index is 709. The van der Waals surface area contributed by atoms with E-state index in [0.717, 1.165) is 5.71 Å². The van der Waals surface area contributed by atoms with E-state index in [4.69, 9.17) is 9.57 Å². The summed E-state index contributed by atoms with van der Waals surface area (Å²) in [6.45, 7) is 1.97. The van der Waals surface area contributed by atoms with Crippen LogP contribution in [0.1, 0.15) is 23.8 Å². The standard InChI is InChI=1S/C15H14FN3O3/c1-10-6-13(22-18-10)8-21-15(20)14-7-17-9-19(14)12-4-2-11(16)3-5-12/h2-5,7,9,13H,6,8H2,1H3. The smallest absolute Gasteiger partial charge is 0.357 e. The molecule has 0 saturated heterocycles. The lowest BCUT2D eigenvalue weighted by Crippen LogP contribution is -2.20. The zero-order valence-corrected chi connectivity index (χ0v) is 11.9. The zero-order valence-electron chi connectivity index (χ0n) is 11.9. The number of aromatic nitrogens is 2. The van der Waals surface area contributed by atoms with Crippen molar-refractivity contribution in [3.8, 4) is 5.69 Å². The van der Waals surface area contributed by atoms with Gasteiger partial charge in [0.05, 0.1) is 18.2 Å². The van der Waals surface area contributed by atoms with Gasteiger partial charge in [-0.1, -0.05) is 5.16 Å². The first kappa shape index (κ1) is 14.2. The Labute approximate surface area is 126 Å². The molecule has 114 valence electrons. The van der Waals surface area contributed by atoms with Crippen molar-refractivity contribution in [3.63, 3.8) is 0 Å². The summed E-state index contributed by atoms with van der Waals surface area (Å²) >= 11 is 0. The Kier molecular flexibility index (Phi) is 3.86. The lowest BCUT2D eigenvalue weighted by molar-refractivity contribution is 0.00629. The van der Waals surface area contributed by atoms with Gasteiger partial charge < -0.3 is 9.57 Å². The third-order valence-corrected chi connectivity index (χ3v) is 3.23. The fraction of sp³-hybridized carbons (Fsp3) is 0.267. The molecule has 1 aliphatic heterocycles. The SMILES string of the molecule is CC1=NOC(COC(=O)c2cncn2-c2ccc(F)cc2)C1. The number of hydrogen-bond acceptors (Lipinski definition) is 5. The Morgan fingerprint density at radius 1 is 1.45 bits per heavy atom. The summed E-state index contributed by atoms with van der Waals surface area (Å²) in [7, 11) is 0. The molecule has 7 heteroatoms. The van der Waals surface area contributed by atoms with Crippen LogP contribution in [0.3, 0.4) is 0 Å². The van der Waals surface area contributed by atoms with Crippen LogP contribution in [0.25, 0.3) is 5.69 Å². The van der Waals surface area contributed by atoms with Gasteiger partial charge in [-0.25, -0.2) is 14.2 Å². The molecule has 1 atom stereocenters. The van der Waals surface area contributed by atoms with Crippen molar-refractivity contribution >= 4 is 11.7 Å². The molecule has 2 aromatic rings. The second kappa shape index (κ2) is 5.97. The van der Waals surface area contributed by atoms with Gasteiger partial charge in [-0.3, -0.25) is 4.57 Å². The Morgan fingerprint density at radius 3 is 2.91 bits per heavy atom. The van der Waals surface area contributed by atoms with E-state index in [1.165, 1.54) is 24.7 Å². The highest BCUT2D eigenvalue weighted by Crippen LogP contribution is 2.15. The van der Waals surface area contributed by atoms with Crippen LogP contribution >= 0.6 is 0 Å². The van der Waals surface area contributed by atoms with Gasteiger partial charge in [-0.15, -0.1) is 0 Å². The highest BCUT2D eigenvalue weighted by Gasteiger charge is 2.22. The van der Waals surface area contributed by atoms with Gasteiger partial charge in [-0.2, -0.15) is 0 Å². The molecule has 3 rings (SSSR count). The number of oxime groups is 1. The third kappa shape index (κ3) is 2.98. The molecule has 0 radical (unpaired) electrons. The van der Waals surface area contributed by atoms with Crippen LogP contribution in [0, 0.1) is 5.82 Å². The number of hydrogen-bond donors (Lipinski definition) is 0. The topological polar surface area (TPSA) is 65.7 Å². The van der Waals surface area contributed by atoms with Gasteiger partial charge >= 0.3 is 5.97 Å². The van der Waals surface area contributed by atoms with Crippen molar-refractivity contribution in [2.75, 3.05) is 6.61 Å². The van der Waals surface area contributed by atoms with E-state index >= 15 is 0 Å². The molecule has 0 spiro atoms. The van der Waals surface area contributed by atoms with E-state index in [1.54, 1.807) is 16.7 Å². The Morgan fingerprint density at radius 2 is 2.23 bits per heavy atom. The van der Waals surface area contributed by atoms with Gasteiger partial charge in [0.15, 0.2) is 11.8 Å². The number of rotatable bonds is 4. The summed E-state index contributed by atoms with van der Waals surface area (Å²) < 4.78 is 19.7. The molecule has 0 fully saturated rings. The maximum absolute atomic E-state index is 13.0. The summed E-state index contributed by atoms with van der Waals surface area (Å²) in [4.78, 5) is 21.2. The van der Waals surface area contributed by atoms with Crippen LogP contribution in [0.2, 0.25) is 0 Å². The zero-order chi connectivity index (χ0) is 15.5. The summed E-state index contributed by atoms with van der Waals surface area (Å²) in [6, 6.07) is 5.75. The van der Waals surface area contributed by atoms with Gasteiger partial charge in [0, 0.05) is 12.1 Å². The molecule has 0 amide bonds. The van der Waals surface area contributed by atoms with E-state index in [2.05, 4.69) is 10.1 Å². The first-order chi connectivity index (χ1) is 10.6. The average Bonchev–Trinajstić information content (AvgIpc) is 3.14. The van der Waals surface area contributed by atoms with Crippen LogP contribution in [-0.4, -0.2) is 33.9 Å². The van der Waals surface area contributed by atoms with Gasteiger partial charge in [-0.05, 0) is 31.2 Å². The van der Waals surface area contributed by atoms with Crippen molar-refractivity contribution in [3.05, 3.63) is 48.3 Å². The lowest BCUT2D eigenvalue weighted by Gasteiger charge is -2.11. The second-order valence-corrected chi connectivity index (χ2v) is 4.98. The number of esters is 1. The maximum atomic E-state index is 13.0. The number of benzene rings is 1. The van der Waals surface area contributed by atoms with E-state index < -0.39 is 5.97 Å². The fourth-order valence-electron chi connectivity index (χ4n) is 2.15. The minimum atomic E-state index is -0.519. The van der Waals surface area contributed by atoms with E-state index in [9.17, 15) is 9.18 Å². The van der Waals surface area contributed by atoms with Crippen LogP contribution in [0.4, 0.5) is 4.39 Å². The van der Waals surface area contributed by atoms with Crippen molar-refractivity contribution in [1.82, 2.24) is 9.55 Å². The summed E-state index contributed by atoms with van der Waals surface area (Å²) in [5.41, 5.74) is 1.77. The fourth-order valence-corrected chi connectivity index (χ4v) is 2.15. The minimum absolute atomic E-state index is 0.119. The number of carbonyl (C=O) groups is 1. The van der Waals surface area contributed by atoms with E-state index in [-0.39, 0.29) is 24.2 Å². The van der Waals surface area contributed by atoms with Crippen molar-refractivity contribution in [2.24, 2.45) is 5.16 Å². The van der Waals surface area contributed by atoms with Gasteiger partial charge in [0.1, 0.15) is 12.4 Å². The van der Waals surface area contributed by atoms with Crippen LogP contribution in [0.15, 0.2) is 41.9 Å². The Balaban J connectivity index is 1.68. The molecule has 0 aliphatic carbocycles. The second-order valence-electron chi connectivity index (χ2n) is 4.98. The molecular formula is C15H14FN3O3. The van der Waals surface area contributed by atoms with Crippen molar-refractivity contribution in [2.45, 2.75) is 19.4 Å². The molecule has 22 heavy (non-hydrogen) atoms. The molecule has 1 aromatic carbocycles. The molecule has 2 heterocycles. The largest absolute Gasteiger partial charge is 0.457 e. The number of carbonyl (C=O) groups excluding carboxylic acids is 1. The van der Waals surface area contributed by atoms with E-state index in [1.807, 2.05) is 6.92 Å². The number of halogens is 1. The predicted molar refractivity (Wildman–Crippen MR) is 76.4 cm³/mol. The van der Waals surface area contributed by atoms with Crippen molar-refractivity contribution < 1.29 is 18.8 Å². The van der Waals surface area contributed by atoms with Crippen LogP contribution in [0.5, 0.6) is 0 Å². The third-order valence-electron chi connectivity index (χ3n) is 3.23. The first-order valence-corrected chi connectivity index (χ1v) is 6.78. The molecule has 1 unspecified atom stereocenters. The molecule has 0 N–H and O–H groups in total. The summed E-state index contributed by atoms with van der Waals surface area (Å²) in [5, 5.41) is 3.80. The van der Waals surface area contributed by atoms with Crippen LogP contribution in [-0.2, 0) is 9.57 Å². The molecule has 1 aromatic heterocycles. The molecule has 0 bridgehead atoms. The molecule has 6 nitrogen and oxygen atoms in total. The molecule has 1 aliphatic rings.